The van der Waals surface area contributed by atoms with Crippen molar-refractivity contribution in [3.63, 3.8) is 0 Å². The maximum atomic E-state index is 12.7. The Balaban J connectivity index is 1.81. The normalized spacial score (nSPS) is 14.0. The number of benzene rings is 2. The lowest BCUT2D eigenvalue weighted by atomic mass is 10.0. The van der Waals surface area contributed by atoms with Crippen LogP contribution in [0.15, 0.2) is 48.5 Å². The molecule has 8 heteroatoms. The van der Waals surface area contributed by atoms with E-state index >= 15 is 0 Å². The lowest BCUT2D eigenvalue weighted by Crippen LogP contribution is -2.30. The molecule has 2 aromatic rings. The number of amides is 1. The van der Waals surface area contributed by atoms with Gasteiger partial charge in [0.15, 0.2) is 0 Å². The Kier molecular flexibility index (Phi) is 5.88. The van der Waals surface area contributed by atoms with Gasteiger partial charge in [-0.15, -0.1) is 0 Å². The Morgan fingerprint density at radius 3 is 2.54 bits per heavy atom. The van der Waals surface area contributed by atoms with Crippen molar-refractivity contribution in [3.8, 4) is 0 Å². The first-order valence-corrected chi connectivity index (χ1v) is 8.95. The van der Waals surface area contributed by atoms with E-state index in [2.05, 4.69) is 10.6 Å². The number of carbonyl (C=O) groups is 2. The van der Waals surface area contributed by atoms with Gasteiger partial charge < -0.3 is 15.4 Å². The highest BCUT2D eigenvalue weighted by atomic mass is 16.6. The second kappa shape index (κ2) is 8.51. The summed E-state index contributed by atoms with van der Waals surface area (Å²) in [7, 11) is 1.28. The largest absolute Gasteiger partial charge is 0.469 e. The average Bonchev–Trinajstić information content (AvgIpc) is 3.52. The molecule has 146 valence electrons. The molecular formula is C20H21N3O5. The van der Waals surface area contributed by atoms with E-state index in [1.54, 1.807) is 30.3 Å². The summed E-state index contributed by atoms with van der Waals surface area (Å²) in [4.78, 5) is 35.3. The molecule has 2 N–H and O–H groups in total. The van der Waals surface area contributed by atoms with Gasteiger partial charge in [0.1, 0.15) is 5.69 Å². The molecule has 0 spiro atoms. The van der Waals surface area contributed by atoms with Crippen molar-refractivity contribution in [2.45, 2.75) is 31.3 Å². The van der Waals surface area contributed by atoms with Crippen molar-refractivity contribution in [1.29, 1.82) is 0 Å². The van der Waals surface area contributed by atoms with Crippen molar-refractivity contribution in [2.75, 3.05) is 12.4 Å². The molecule has 3 rings (SSSR count). The smallest absolute Gasteiger partial charge is 0.307 e. The van der Waals surface area contributed by atoms with Crippen LogP contribution < -0.4 is 10.6 Å². The van der Waals surface area contributed by atoms with E-state index in [0.717, 1.165) is 18.4 Å². The third-order valence-corrected chi connectivity index (χ3v) is 4.50. The predicted octanol–water partition coefficient (Wildman–Crippen LogP) is 3.20. The number of hydrogen-bond acceptors (Lipinski definition) is 6. The Hall–Kier alpha value is -3.42. The molecule has 8 nitrogen and oxygen atoms in total. The molecule has 0 aliphatic heterocycles. The monoisotopic (exact) mass is 383 g/mol. The minimum atomic E-state index is -0.607. The van der Waals surface area contributed by atoms with Gasteiger partial charge in [-0.05, 0) is 30.5 Å². The summed E-state index contributed by atoms with van der Waals surface area (Å²) in [5, 5.41) is 17.3. The molecule has 1 aliphatic carbocycles. The summed E-state index contributed by atoms with van der Waals surface area (Å²) in [5.74, 6) is -0.969. The summed E-state index contributed by atoms with van der Waals surface area (Å²) in [6.07, 6.45) is 1.91. The molecule has 0 heterocycles. The maximum absolute atomic E-state index is 12.7. The summed E-state index contributed by atoms with van der Waals surface area (Å²) >= 11 is 0. The van der Waals surface area contributed by atoms with Crippen LogP contribution in [-0.4, -0.2) is 30.0 Å². The van der Waals surface area contributed by atoms with Gasteiger partial charge in [-0.1, -0.05) is 30.3 Å². The number of methoxy groups -OCH3 is 1. The summed E-state index contributed by atoms with van der Waals surface area (Å²) in [6.45, 7) is 0. The van der Waals surface area contributed by atoms with Gasteiger partial charge >= 0.3 is 5.97 Å². The zero-order valence-corrected chi connectivity index (χ0v) is 15.4. The molecule has 0 aromatic heterocycles. The van der Waals surface area contributed by atoms with Crippen LogP contribution in [0.4, 0.5) is 11.4 Å². The Labute approximate surface area is 162 Å². The van der Waals surface area contributed by atoms with Gasteiger partial charge in [0.05, 0.1) is 24.5 Å². The van der Waals surface area contributed by atoms with Gasteiger partial charge in [-0.25, -0.2) is 0 Å². The first-order chi connectivity index (χ1) is 13.5. The van der Waals surface area contributed by atoms with Crippen LogP contribution in [0.5, 0.6) is 0 Å². The number of nitrogens with zero attached hydrogens (tertiary/aromatic N) is 1. The fourth-order valence-corrected chi connectivity index (χ4v) is 2.82. The number of anilines is 1. The summed E-state index contributed by atoms with van der Waals surface area (Å²) < 4.78 is 4.71. The molecule has 2 aromatic carbocycles. The molecule has 0 saturated heterocycles. The Bertz CT molecular complexity index is 881. The predicted molar refractivity (Wildman–Crippen MR) is 103 cm³/mol. The van der Waals surface area contributed by atoms with Gasteiger partial charge in [-0.2, -0.15) is 0 Å². The first-order valence-electron chi connectivity index (χ1n) is 8.95. The number of hydrogen-bond donors (Lipinski definition) is 2. The Morgan fingerprint density at radius 2 is 1.93 bits per heavy atom. The van der Waals surface area contributed by atoms with Crippen LogP contribution in [0, 0.1) is 10.1 Å². The number of nitrogens with one attached hydrogen (secondary N) is 2. The summed E-state index contributed by atoms with van der Waals surface area (Å²) in [6, 6.07) is 13.0. The topological polar surface area (TPSA) is 111 Å². The molecule has 1 atom stereocenters. The van der Waals surface area contributed by atoms with Gasteiger partial charge in [0.2, 0.25) is 0 Å². The van der Waals surface area contributed by atoms with E-state index < -0.39 is 22.8 Å². The molecule has 1 saturated carbocycles. The minimum absolute atomic E-state index is 0.0460. The van der Waals surface area contributed by atoms with Crippen molar-refractivity contribution < 1.29 is 19.2 Å². The van der Waals surface area contributed by atoms with Crippen LogP contribution in [0.3, 0.4) is 0 Å². The molecule has 0 bridgehead atoms. The molecule has 1 fully saturated rings. The molecular weight excluding hydrogens is 362 g/mol. The SMILES string of the molecule is COC(=O)CC(NC(=O)c1ccc(NC2CC2)c([N+](=O)[O-])c1)c1ccccc1. The van der Waals surface area contributed by atoms with E-state index in [1.807, 2.05) is 6.07 Å². The number of ether oxygens (including phenoxy) is 1. The number of rotatable bonds is 8. The van der Waals surface area contributed by atoms with E-state index in [4.69, 9.17) is 4.74 Å². The second-order valence-electron chi connectivity index (χ2n) is 6.62. The molecule has 1 unspecified atom stereocenters. The number of nitro groups is 1. The minimum Gasteiger partial charge on any atom is -0.469 e. The number of esters is 1. The van der Waals surface area contributed by atoms with Crippen LogP contribution >= 0.6 is 0 Å². The van der Waals surface area contributed by atoms with E-state index in [0.29, 0.717) is 5.69 Å². The van der Waals surface area contributed by atoms with E-state index in [-0.39, 0.29) is 23.7 Å². The molecule has 28 heavy (non-hydrogen) atoms. The molecule has 1 aliphatic rings. The Morgan fingerprint density at radius 1 is 1.21 bits per heavy atom. The molecule has 1 amide bonds. The lowest BCUT2D eigenvalue weighted by Gasteiger charge is -2.18. The van der Waals surface area contributed by atoms with Crippen molar-refractivity contribution in [2.24, 2.45) is 0 Å². The average molecular weight is 383 g/mol. The van der Waals surface area contributed by atoms with Gasteiger partial charge in [0.25, 0.3) is 11.6 Å². The third kappa shape index (κ3) is 4.85. The van der Waals surface area contributed by atoms with Crippen molar-refractivity contribution in [1.82, 2.24) is 5.32 Å². The number of nitro benzene ring substituents is 1. The lowest BCUT2D eigenvalue weighted by molar-refractivity contribution is -0.384. The molecule has 0 radical (unpaired) electrons. The maximum Gasteiger partial charge on any atom is 0.307 e. The highest BCUT2D eigenvalue weighted by Crippen LogP contribution is 2.31. The quantitative estimate of drug-likeness (QED) is 0.411. The fourth-order valence-electron chi connectivity index (χ4n) is 2.82. The van der Waals surface area contributed by atoms with Crippen LogP contribution in [0.2, 0.25) is 0 Å². The number of carbonyl (C=O) groups excluding carboxylic acids is 2. The zero-order chi connectivity index (χ0) is 20.1. The highest BCUT2D eigenvalue weighted by molar-refractivity contribution is 5.96. The van der Waals surface area contributed by atoms with Crippen LogP contribution in [-0.2, 0) is 9.53 Å². The first kappa shape index (κ1) is 19.3. The summed E-state index contributed by atoms with van der Waals surface area (Å²) in [5.41, 5.74) is 1.14. The van der Waals surface area contributed by atoms with Crippen molar-refractivity contribution in [3.05, 3.63) is 69.8 Å². The van der Waals surface area contributed by atoms with E-state index in [9.17, 15) is 19.7 Å². The van der Waals surface area contributed by atoms with Crippen LogP contribution in [0.1, 0.15) is 41.2 Å². The highest BCUT2D eigenvalue weighted by Gasteiger charge is 2.26. The fraction of sp³-hybridized carbons (Fsp3) is 0.300. The second-order valence-corrected chi connectivity index (χ2v) is 6.62. The third-order valence-electron chi connectivity index (χ3n) is 4.50. The van der Waals surface area contributed by atoms with Crippen LogP contribution in [0.25, 0.3) is 0 Å². The van der Waals surface area contributed by atoms with Gasteiger partial charge in [0, 0.05) is 17.7 Å². The zero-order valence-electron chi connectivity index (χ0n) is 15.4. The van der Waals surface area contributed by atoms with Gasteiger partial charge in [-0.3, -0.25) is 19.7 Å². The van der Waals surface area contributed by atoms with E-state index in [1.165, 1.54) is 19.2 Å². The standard InChI is InChI=1S/C20H21N3O5/c1-28-19(24)12-17(13-5-3-2-4-6-13)22-20(25)14-7-10-16(21-15-8-9-15)18(11-14)23(26)27/h2-7,10-11,15,17,21H,8-9,12H2,1H3,(H,22,25). The van der Waals surface area contributed by atoms with Crippen molar-refractivity contribution >= 4 is 23.3 Å².